The number of rotatable bonds is 6. The van der Waals surface area contributed by atoms with Crippen molar-refractivity contribution in [3.63, 3.8) is 0 Å². The molecule has 0 unspecified atom stereocenters. The first-order valence-electron chi connectivity index (χ1n) is 5.11. The second-order valence-corrected chi connectivity index (χ2v) is 3.24. The van der Waals surface area contributed by atoms with E-state index >= 15 is 0 Å². The van der Waals surface area contributed by atoms with Gasteiger partial charge in [-0.05, 0) is 13.0 Å². The molecule has 0 aromatic carbocycles. The highest BCUT2D eigenvalue weighted by molar-refractivity contribution is 5.61. The molecule has 0 bridgehead atoms. The van der Waals surface area contributed by atoms with Gasteiger partial charge in [0.05, 0.1) is 11.5 Å². The van der Waals surface area contributed by atoms with Gasteiger partial charge in [-0.1, -0.05) is 0 Å². The maximum absolute atomic E-state index is 10.9. The number of hydrogen-bond donors (Lipinski definition) is 3. The number of nitrogen functional groups attached to an aromatic ring is 1. The first-order valence-corrected chi connectivity index (χ1v) is 5.11. The minimum absolute atomic E-state index is 0.104. The molecule has 8 nitrogen and oxygen atoms in total. The zero-order valence-electron chi connectivity index (χ0n) is 9.46. The maximum Gasteiger partial charge on any atom is 0.311 e. The van der Waals surface area contributed by atoms with Crippen molar-refractivity contribution in [2.75, 3.05) is 30.0 Å². The van der Waals surface area contributed by atoms with Gasteiger partial charge in [0.15, 0.2) is 0 Å². The second-order valence-electron chi connectivity index (χ2n) is 3.24. The Kier molecular flexibility index (Phi) is 4.61. The van der Waals surface area contributed by atoms with Gasteiger partial charge in [0.1, 0.15) is 5.82 Å². The smallest absolute Gasteiger partial charge is 0.311 e. The number of nitrogens with zero attached hydrogens (tertiary/aromatic N) is 3. The molecule has 1 aromatic rings. The van der Waals surface area contributed by atoms with Gasteiger partial charge < -0.3 is 15.4 Å². The van der Waals surface area contributed by atoms with Crippen LogP contribution in [0.25, 0.3) is 0 Å². The molecule has 0 atom stereocenters. The van der Waals surface area contributed by atoms with Gasteiger partial charge >= 0.3 is 5.69 Å². The molecule has 0 aliphatic heterocycles. The third kappa shape index (κ3) is 3.02. The molecule has 17 heavy (non-hydrogen) atoms. The Bertz CT molecular complexity index is 398. The summed E-state index contributed by atoms with van der Waals surface area (Å²) in [5, 5.41) is 19.8. The Morgan fingerprint density at radius 1 is 1.65 bits per heavy atom. The molecule has 94 valence electrons. The number of aromatic nitrogens is 1. The van der Waals surface area contributed by atoms with Crippen LogP contribution < -0.4 is 16.2 Å². The summed E-state index contributed by atoms with van der Waals surface area (Å²) >= 11 is 0. The van der Waals surface area contributed by atoms with Gasteiger partial charge in [0.2, 0.25) is 5.82 Å². The zero-order valence-corrected chi connectivity index (χ0v) is 9.46. The van der Waals surface area contributed by atoms with Gasteiger partial charge in [-0.15, -0.1) is 0 Å². The third-order valence-corrected chi connectivity index (χ3v) is 2.25. The lowest BCUT2D eigenvalue weighted by Crippen LogP contribution is -2.28. The molecular weight excluding hydrogens is 226 g/mol. The minimum Gasteiger partial charge on any atom is -0.395 e. The summed E-state index contributed by atoms with van der Waals surface area (Å²) < 4.78 is 0. The number of likely N-dealkylation sites (N-methyl/N-ethyl adjacent to an activating group) is 1. The van der Waals surface area contributed by atoms with Crippen molar-refractivity contribution in [1.82, 2.24) is 4.98 Å². The topological polar surface area (TPSA) is 118 Å². The summed E-state index contributed by atoms with van der Waals surface area (Å²) in [7, 11) is 0. The number of aliphatic hydroxyl groups excluding tert-OH is 1. The van der Waals surface area contributed by atoms with E-state index < -0.39 is 4.92 Å². The van der Waals surface area contributed by atoms with Gasteiger partial charge in [0.25, 0.3) is 0 Å². The van der Waals surface area contributed by atoms with Crippen LogP contribution in [0.2, 0.25) is 0 Å². The van der Waals surface area contributed by atoms with Crippen molar-refractivity contribution in [2.45, 2.75) is 6.92 Å². The number of hydrazine groups is 1. The van der Waals surface area contributed by atoms with Crippen LogP contribution >= 0.6 is 0 Å². The SMILES string of the molecule is CCN(CCO)c1nc(NN)ccc1[N+](=O)[O-]. The lowest BCUT2D eigenvalue weighted by molar-refractivity contribution is -0.384. The molecule has 0 fully saturated rings. The van der Waals surface area contributed by atoms with Crippen molar-refractivity contribution in [3.05, 3.63) is 22.2 Å². The van der Waals surface area contributed by atoms with E-state index in [0.717, 1.165) is 0 Å². The monoisotopic (exact) mass is 241 g/mol. The number of nitrogens with one attached hydrogen (secondary N) is 1. The molecule has 0 aliphatic rings. The first kappa shape index (κ1) is 13.1. The number of hydrogen-bond acceptors (Lipinski definition) is 7. The summed E-state index contributed by atoms with van der Waals surface area (Å²) in [6, 6.07) is 2.76. The van der Waals surface area contributed by atoms with Crippen LogP contribution in [0.15, 0.2) is 12.1 Å². The summed E-state index contributed by atoms with van der Waals surface area (Å²) in [5.74, 6) is 5.74. The van der Waals surface area contributed by atoms with Crippen LogP contribution in [-0.4, -0.2) is 34.7 Å². The summed E-state index contributed by atoms with van der Waals surface area (Å²) in [4.78, 5) is 16.0. The summed E-state index contributed by atoms with van der Waals surface area (Å²) in [5.41, 5.74) is 2.22. The average Bonchev–Trinajstić information content (AvgIpc) is 2.35. The number of nitrogens with two attached hydrogens (primary N) is 1. The predicted octanol–water partition coefficient (Wildman–Crippen LogP) is 0.0940. The third-order valence-electron chi connectivity index (χ3n) is 2.25. The van der Waals surface area contributed by atoms with E-state index in [1.165, 1.54) is 12.1 Å². The molecular formula is C9H15N5O3. The molecule has 4 N–H and O–H groups in total. The fraction of sp³-hybridized carbons (Fsp3) is 0.444. The normalized spacial score (nSPS) is 10.1. The van der Waals surface area contributed by atoms with Crippen LogP contribution in [0.3, 0.4) is 0 Å². The number of pyridine rings is 1. The van der Waals surface area contributed by atoms with E-state index in [2.05, 4.69) is 10.4 Å². The quantitative estimate of drug-likeness (QED) is 0.367. The number of nitro groups is 1. The Hall–Kier alpha value is -1.93. The molecule has 0 saturated heterocycles. The van der Waals surface area contributed by atoms with Crippen LogP contribution in [0.1, 0.15) is 6.92 Å². The molecule has 0 saturated carbocycles. The molecule has 1 rings (SSSR count). The fourth-order valence-electron chi connectivity index (χ4n) is 1.43. The van der Waals surface area contributed by atoms with Crippen molar-refractivity contribution < 1.29 is 10.0 Å². The van der Waals surface area contributed by atoms with E-state index in [1.54, 1.807) is 4.90 Å². The van der Waals surface area contributed by atoms with E-state index in [0.29, 0.717) is 12.4 Å². The Morgan fingerprint density at radius 3 is 2.82 bits per heavy atom. The minimum atomic E-state index is -0.511. The van der Waals surface area contributed by atoms with Gasteiger partial charge in [-0.2, -0.15) is 0 Å². The van der Waals surface area contributed by atoms with E-state index in [1.807, 2.05) is 6.92 Å². The zero-order chi connectivity index (χ0) is 12.8. The Morgan fingerprint density at radius 2 is 2.35 bits per heavy atom. The molecule has 8 heteroatoms. The summed E-state index contributed by atoms with van der Waals surface area (Å²) in [6.07, 6.45) is 0. The Balaban J connectivity index is 3.19. The van der Waals surface area contributed by atoms with E-state index in [9.17, 15) is 10.1 Å². The average molecular weight is 241 g/mol. The predicted molar refractivity (Wildman–Crippen MR) is 63.7 cm³/mol. The van der Waals surface area contributed by atoms with Gasteiger partial charge in [0, 0.05) is 19.2 Å². The molecule has 0 radical (unpaired) electrons. The van der Waals surface area contributed by atoms with Crippen molar-refractivity contribution >= 4 is 17.3 Å². The van der Waals surface area contributed by atoms with Crippen LogP contribution in [-0.2, 0) is 0 Å². The largest absolute Gasteiger partial charge is 0.395 e. The highest BCUT2D eigenvalue weighted by Crippen LogP contribution is 2.27. The van der Waals surface area contributed by atoms with E-state index in [-0.39, 0.29) is 24.7 Å². The lowest BCUT2D eigenvalue weighted by Gasteiger charge is -2.20. The first-order chi connectivity index (χ1) is 8.13. The van der Waals surface area contributed by atoms with Gasteiger partial charge in [-0.25, -0.2) is 10.8 Å². The molecule has 0 spiro atoms. The van der Waals surface area contributed by atoms with Crippen molar-refractivity contribution in [2.24, 2.45) is 5.84 Å². The van der Waals surface area contributed by atoms with Gasteiger partial charge in [-0.3, -0.25) is 10.1 Å². The highest BCUT2D eigenvalue weighted by atomic mass is 16.6. The molecule has 0 aliphatic carbocycles. The van der Waals surface area contributed by atoms with Crippen LogP contribution in [0.5, 0.6) is 0 Å². The molecule has 1 aromatic heterocycles. The van der Waals surface area contributed by atoms with Crippen LogP contribution in [0.4, 0.5) is 17.3 Å². The number of anilines is 2. The van der Waals surface area contributed by atoms with Crippen molar-refractivity contribution in [3.8, 4) is 0 Å². The molecule has 0 amide bonds. The number of aliphatic hydroxyl groups is 1. The standard InChI is InChI=1S/C9H15N5O3/c1-2-13(5-6-15)9-7(14(16)17)3-4-8(11-9)12-10/h3-4,15H,2,5-6,10H2,1H3,(H,11,12). The van der Waals surface area contributed by atoms with Crippen molar-refractivity contribution in [1.29, 1.82) is 0 Å². The summed E-state index contributed by atoms with van der Waals surface area (Å²) in [6.45, 7) is 2.50. The molecule has 1 heterocycles. The maximum atomic E-state index is 10.9. The second kappa shape index (κ2) is 5.97. The fourth-order valence-corrected chi connectivity index (χ4v) is 1.43. The highest BCUT2D eigenvalue weighted by Gasteiger charge is 2.20. The Labute approximate surface area is 98.2 Å². The van der Waals surface area contributed by atoms with Crippen LogP contribution in [0, 0.1) is 10.1 Å². The van der Waals surface area contributed by atoms with E-state index in [4.69, 9.17) is 10.9 Å². The lowest BCUT2D eigenvalue weighted by atomic mass is 10.3.